The molecule has 1 heterocycles. The highest BCUT2D eigenvalue weighted by Crippen LogP contribution is 2.65. The fourth-order valence-electron chi connectivity index (χ4n) is 6.41. The van der Waals surface area contributed by atoms with Crippen LogP contribution in [0.1, 0.15) is 57.8 Å². The molecule has 4 aliphatic carbocycles. The maximum atomic E-state index is 12.9. The Balaban J connectivity index is 1.45. The van der Waals surface area contributed by atoms with Crippen LogP contribution in [-0.2, 0) is 9.59 Å². The highest BCUT2D eigenvalue weighted by molar-refractivity contribution is 9.10. The molecule has 1 saturated heterocycles. The molecule has 0 radical (unpaired) electrons. The van der Waals surface area contributed by atoms with Gasteiger partial charge < -0.3 is 10.6 Å². The highest BCUT2D eigenvalue weighted by atomic mass is 79.9. The topological polar surface area (TPSA) is 63.4 Å². The van der Waals surface area contributed by atoms with Crippen LogP contribution in [0.5, 0.6) is 0 Å². The molecule has 5 heteroatoms. The molecule has 5 rings (SSSR count). The number of hydrogen-bond acceptors (Lipinski definition) is 2. The lowest BCUT2D eigenvalue weighted by molar-refractivity contribution is -0.141. The van der Waals surface area contributed by atoms with Gasteiger partial charge in [0, 0.05) is 23.8 Å². The number of amides is 2. The molecule has 128 valence electrons. The van der Waals surface area contributed by atoms with Gasteiger partial charge in [0.25, 0.3) is 0 Å². The minimum Gasteiger partial charge on any atom is -0.369 e. The van der Waals surface area contributed by atoms with E-state index < -0.39 is 0 Å². The molecule has 0 aromatic heterocycles. The van der Waals surface area contributed by atoms with Crippen molar-refractivity contribution in [3.8, 4) is 0 Å². The summed E-state index contributed by atoms with van der Waals surface area (Å²) < 4.78 is 0.301. The Kier molecular flexibility index (Phi) is 3.78. The van der Waals surface area contributed by atoms with Crippen LogP contribution in [0, 0.1) is 23.2 Å². The van der Waals surface area contributed by atoms with E-state index in [0.717, 1.165) is 37.6 Å². The molecule has 2 N–H and O–H groups in total. The molecular formula is C18H27BrN2O2. The van der Waals surface area contributed by atoms with Gasteiger partial charge in [-0.2, -0.15) is 0 Å². The van der Waals surface area contributed by atoms with Gasteiger partial charge in [-0.15, -0.1) is 0 Å². The minimum absolute atomic E-state index is 0.147. The summed E-state index contributed by atoms with van der Waals surface area (Å²) >= 11 is 4.02. The Morgan fingerprint density at radius 3 is 2.48 bits per heavy atom. The van der Waals surface area contributed by atoms with Gasteiger partial charge in [0.1, 0.15) is 0 Å². The zero-order chi connectivity index (χ0) is 16.2. The number of nitrogens with zero attached hydrogens (tertiary/aromatic N) is 1. The van der Waals surface area contributed by atoms with Crippen molar-refractivity contribution in [2.75, 3.05) is 13.1 Å². The van der Waals surface area contributed by atoms with Gasteiger partial charge in [0.05, 0.1) is 5.92 Å². The van der Waals surface area contributed by atoms with Crippen molar-refractivity contribution in [3.05, 3.63) is 0 Å². The van der Waals surface area contributed by atoms with Crippen LogP contribution in [0.3, 0.4) is 0 Å². The summed E-state index contributed by atoms with van der Waals surface area (Å²) in [6.07, 6.45) is 10.0. The number of hydrogen-bond donors (Lipinski definition) is 1. The number of likely N-dealkylation sites (tertiary alicyclic amines) is 1. The smallest absolute Gasteiger partial charge is 0.223 e. The van der Waals surface area contributed by atoms with E-state index in [2.05, 4.69) is 15.9 Å². The molecule has 5 aliphatic rings. The van der Waals surface area contributed by atoms with E-state index in [1.807, 2.05) is 4.90 Å². The van der Waals surface area contributed by atoms with Crippen molar-refractivity contribution in [1.82, 2.24) is 4.90 Å². The fraction of sp³-hybridized carbons (Fsp3) is 0.889. The maximum Gasteiger partial charge on any atom is 0.223 e. The molecule has 2 amide bonds. The average molecular weight is 383 g/mol. The van der Waals surface area contributed by atoms with Crippen LogP contribution < -0.4 is 5.73 Å². The molecule has 0 unspecified atom stereocenters. The third kappa shape index (κ3) is 2.94. The van der Waals surface area contributed by atoms with Crippen molar-refractivity contribution in [1.29, 1.82) is 0 Å². The molecule has 0 aromatic rings. The van der Waals surface area contributed by atoms with Crippen LogP contribution in [-0.4, -0.2) is 34.1 Å². The van der Waals surface area contributed by atoms with E-state index >= 15 is 0 Å². The van der Waals surface area contributed by atoms with Gasteiger partial charge in [0.15, 0.2) is 0 Å². The largest absolute Gasteiger partial charge is 0.369 e. The first-order chi connectivity index (χ1) is 10.9. The van der Waals surface area contributed by atoms with Crippen LogP contribution in [0.2, 0.25) is 0 Å². The van der Waals surface area contributed by atoms with Crippen molar-refractivity contribution in [2.24, 2.45) is 28.9 Å². The van der Waals surface area contributed by atoms with Crippen molar-refractivity contribution < 1.29 is 9.59 Å². The summed E-state index contributed by atoms with van der Waals surface area (Å²) in [5.74, 6) is 1.48. The average Bonchev–Trinajstić information content (AvgIpc) is 2.44. The van der Waals surface area contributed by atoms with Gasteiger partial charge in [-0.1, -0.05) is 15.9 Å². The number of piperidine rings is 1. The van der Waals surface area contributed by atoms with Gasteiger partial charge >= 0.3 is 0 Å². The highest BCUT2D eigenvalue weighted by Gasteiger charge is 2.57. The SMILES string of the molecule is NC(=O)[C@H]1CCCN(C(=O)CC23C[C@H]4C[C@@H](CC(Br)(C4)C2)C3)C1. The van der Waals surface area contributed by atoms with Gasteiger partial charge in [-0.05, 0) is 68.6 Å². The minimum atomic E-state index is -0.253. The Morgan fingerprint density at radius 2 is 1.87 bits per heavy atom. The first-order valence-electron chi connectivity index (χ1n) is 9.13. The van der Waals surface area contributed by atoms with Crippen LogP contribution in [0.4, 0.5) is 0 Å². The quantitative estimate of drug-likeness (QED) is 0.762. The molecule has 1 aliphatic heterocycles. The maximum absolute atomic E-state index is 12.9. The lowest BCUT2D eigenvalue weighted by Crippen LogP contribution is -2.54. The molecule has 0 spiro atoms. The first-order valence-corrected chi connectivity index (χ1v) is 9.92. The van der Waals surface area contributed by atoms with E-state index in [4.69, 9.17) is 5.73 Å². The third-order valence-corrected chi connectivity index (χ3v) is 7.74. The Hall–Kier alpha value is -0.580. The molecular weight excluding hydrogens is 356 g/mol. The Morgan fingerprint density at radius 1 is 1.17 bits per heavy atom. The summed E-state index contributed by atoms with van der Waals surface area (Å²) in [7, 11) is 0. The fourth-order valence-corrected chi connectivity index (χ4v) is 7.92. The molecule has 5 fully saturated rings. The van der Waals surface area contributed by atoms with Gasteiger partial charge in [-0.3, -0.25) is 9.59 Å². The predicted octanol–water partition coefficient (Wildman–Crippen LogP) is 2.83. The van der Waals surface area contributed by atoms with Gasteiger partial charge in [0.2, 0.25) is 11.8 Å². The van der Waals surface area contributed by atoms with Crippen molar-refractivity contribution >= 4 is 27.7 Å². The normalized spacial score (nSPS) is 45.3. The second-order valence-corrected chi connectivity index (χ2v) is 10.6. The lowest BCUT2D eigenvalue weighted by Gasteiger charge is -2.60. The van der Waals surface area contributed by atoms with Crippen molar-refractivity contribution in [2.45, 2.75) is 62.1 Å². The van der Waals surface area contributed by atoms with Crippen LogP contribution in [0.15, 0.2) is 0 Å². The summed E-state index contributed by atoms with van der Waals surface area (Å²) in [4.78, 5) is 26.3. The molecule has 4 nitrogen and oxygen atoms in total. The van der Waals surface area contributed by atoms with Crippen molar-refractivity contribution in [3.63, 3.8) is 0 Å². The molecule has 4 saturated carbocycles. The van der Waals surface area contributed by atoms with E-state index in [9.17, 15) is 9.59 Å². The predicted molar refractivity (Wildman–Crippen MR) is 91.9 cm³/mol. The summed E-state index contributed by atoms with van der Waals surface area (Å²) in [6.45, 7) is 1.33. The number of nitrogens with two attached hydrogens (primary N) is 1. The monoisotopic (exact) mass is 382 g/mol. The van der Waals surface area contributed by atoms with Gasteiger partial charge in [-0.25, -0.2) is 0 Å². The Labute approximate surface area is 146 Å². The van der Waals surface area contributed by atoms with E-state index in [1.165, 1.54) is 32.1 Å². The number of primary amides is 1. The zero-order valence-electron chi connectivity index (χ0n) is 13.7. The number of alkyl halides is 1. The number of carbonyl (C=O) groups is 2. The van der Waals surface area contributed by atoms with Crippen LogP contribution in [0.25, 0.3) is 0 Å². The summed E-state index contributed by atoms with van der Waals surface area (Å²) in [5, 5.41) is 0. The Bertz CT molecular complexity index is 521. The summed E-state index contributed by atoms with van der Waals surface area (Å²) in [5.41, 5.74) is 5.66. The molecule has 3 atom stereocenters. The van der Waals surface area contributed by atoms with E-state index in [0.29, 0.717) is 17.3 Å². The molecule has 0 aromatic carbocycles. The molecule has 4 bridgehead atoms. The number of carbonyl (C=O) groups excluding carboxylic acids is 2. The number of halogens is 1. The molecule has 23 heavy (non-hydrogen) atoms. The zero-order valence-corrected chi connectivity index (χ0v) is 15.3. The lowest BCUT2D eigenvalue weighted by atomic mass is 9.48. The third-order valence-electron chi connectivity index (χ3n) is 6.81. The standard InChI is InChI=1S/C18H27BrN2O2/c19-18-7-12-4-13(8-18)6-17(5-12,11-18)9-15(22)21-3-1-2-14(10-21)16(20)23/h12-14H,1-11H2,(H2,20,23)/t12-,13-,14+,17?,18?/m1/s1. The van der Waals surface area contributed by atoms with E-state index in [1.54, 1.807) is 0 Å². The van der Waals surface area contributed by atoms with Crippen LogP contribution >= 0.6 is 15.9 Å². The second-order valence-electron chi connectivity index (χ2n) is 8.87. The summed E-state index contributed by atoms with van der Waals surface area (Å²) in [6, 6.07) is 0. The van der Waals surface area contributed by atoms with E-state index in [-0.39, 0.29) is 23.1 Å². The number of rotatable bonds is 3. The first kappa shape index (κ1) is 15.9. The second kappa shape index (κ2) is 5.47.